The predicted octanol–water partition coefficient (Wildman–Crippen LogP) is 4.08. The van der Waals surface area contributed by atoms with Gasteiger partial charge in [0.1, 0.15) is 11.5 Å². The Morgan fingerprint density at radius 3 is 2.50 bits per heavy atom. The van der Waals surface area contributed by atoms with Crippen LogP contribution in [0.1, 0.15) is 62.5 Å². The van der Waals surface area contributed by atoms with Gasteiger partial charge in [-0.15, -0.1) is 0 Å². The number of furan rings is 1. The van der Waals surface area contributed by atoms with Gasteiger partial charge in [-0.1, -0.05) is 32.9 Å². The first kappa shape index (κ1) is 16.3. The lowest BCUT2D eigenvalue weighted by molar-refractivity contribution is 0.0600. The van der Waals surface area contributed by atoms with Gasteiger partial charge in [0.15, 0.2) is 5.69 Å². The maximum Gasteiger partial charge on any atom is 0.276 e. The summed E-state index contributed by atoms with van der Waals surface area (Å²) in [6, 6.07) is 5.49. The fourth-order valence-corrected chi connectivity index (χ4v) is 2.14. The minimum Gasteiger partial charge on any atom is -0.467 e. The molecule has 0 aliphatic carbocycles. The quantitative estimate of drug-likeness (QED) is 0.807. The SMILES string of the molecule is CC(C)c1cc(C(=O)N(Cc2ccco2)[C@@H](C)C(C)C)no1. The molecule has 0 spiro atoms. The Balaban J connectivity index is 2.24. The van der Waals surface area contributed by atoms with Crippen LogP contribution in [0.4, 0.5) is 0 Å². The van der Waals surface area contributed by atoms with Crippen molar-refractivity contribution in [1.29, 1.82) is 0 Å². The van der Waals surface area contributed by atoms with Crippen LogP contribution in [0.15, 0.2) is 33.4 Å². The first-order chi connectivity index (χ1) is 10.4. The average molecular weight is 304 g/mol. The molecule has 0 unspecified atom stereocenters. The van der Waals surface area contributed by atoms with Gasteiger partial charge in [0.25, 0.3) is 5.91 Å². The van der Waals surface area contributed by atoms with Gasteiger partial charge in [-0.25, -0.2) is 0 Å². The van der Waals surface area contributed by atoms with E-state index >= 15 is 0 Å². The molecule has 1 atom stereocenters. The standard InChI is InChI=1S/C17H24N2O3/c1-11(2)13(5)19(10-14-7-6-8-21-14)17(20)15-9-16(12(3)4)22-18-15/h6-9,11-13H,10H2,1-5H3/t13-/m0/s1. The van der Waals surface area contributed by atoms with E-state index in [1.165, 1.54) is 0 Å². The summed E-state index contributed by atoms with van der Waals surface area (Å²) in [6.45, 7) is 10.7. The van der Waals surface area contributed by atoms with Gasteiger partial charge in [0.2, 0.25) is 0 Å². The number of amides is 1. The predicted molar refractivity (Wildman–Crippen MR) is 83.5 cm³/mol. The Bertz CT molecular complexity index is 599. The number of carbonyl (C=O) groups is 1. The van der Waals surface area contributed by atoms with Gasteiger partial charge >= 0.3 is 0 Å². The monoisotopic (exact) mass is 304 g/mol. The molecule has 0 aromatic carbocycles. The highest BCUT2D eigenvalue weighted by atomic mass is 16.5. The molecular formula is C17H24N2O3. The molecule has 0 radical (unpaired) electrons. The smallest absolute Gasteiger partial charge is 0.276 e. The van der Waals surface area contributed by atoms with Crippen LogP contribution in [-0.2, 0) is 6.54 Å². The van der Waals surface area contributed by atoms with Crippen LogP contribution in [0.5, 0.6) is 0 Å². The van der Waals surface area contributed by atoms with E-state index in [-0.39, 0.29) is 17.9 Å². The maximum absolute atomic E-state index is 12.8. The van der Waals surface area contributed by atoms with Gasteiger partial charge in [-0.05, 0) is 25.0 Å². The molecule has 0 bridgehead atoms. The van der Waals surface area contributed by atoms with Crippen molar-refractivity contribution in [2.45, 2.75) is 53.1 Å². The molecule has 120 valence electrons. The van der Waals surface area contributed by atoms with Crippen LogP contribution in [0.3, 0.4) is 0 Å². The molecule has 5 nitrogen and oxygen atoms in total. The Morgan fingerprint density at radius 2 is 2.00 bits per heavy atom. The molecule has 1 amide bonds. The normalized spacial score (nSPS) is 12.9. The third kappa shape index (κ3) is 3.59. The second-order valence-electron chi connectivity index (χ2n) is 6.27. The largest absolute Gasteiger partial charge is 0.467 e. The summed E-state index contributed by atoms with van der Waals surface area (Å²) in [5, 5.41) is 3.93. The van der Waals surface area contributed by atoms with Gasteiger partial charge in [0, 0.05) is 18.0 Å². The molecule has 5 heteroatoms. The molecule has 0 saturated carbocycles. The number of carbonyl (C=O) groups excluding carboxylic acids is 1. The zero-order chi connectivity index (χ0) is 16.3. The van der Waals surface area contributed by atoms with E-state index in [2.05, 4.69) is 19.0 Å². The van der Waals surface area contributed by atoms with Crippen molar-refractivity contribution in [1.82, 2.24) is 10.1 Å². The third-order valence-electron chi connectivity index (χ3n) is 3.94. The van der Waals surface area contributed by atoms with Crippen molar-refractivity contribution in [3.05, 3.63) is 41.7 Å². The summed E-state index contributed by atoms with van der Waals surface area (Å²) >= 11 is 0. The van der Waals surface area contributed by atoms with Crippen LogP contribution in [0, 0.1) is 5.92 Å². The van der Waals surface area contributed by atoms with E-state index in [1.807, 2.05) is 32.9 Å². The van der Waals surface area contributed by atoms with Crippen LogP contribution in [0.2, 0.25) is 0 Å². The van der Waals surface area contributed by atoms with Gasteiger partial charge < -0.3 is 13.8 Å². The van der Waals surface area contributed by atoms with Gasteiger partial charge in [-0.2, -0.15) is 0 Å². The summed E-state index contributed by atoms with van der Waals surface area (Å²) in [5.74, 6) is 1.88. The van der Waals surface area contributed by atoms with Crippen LogP contribution >= 0.6 is 0 Å². The summed E-state index contributed by atoms with van der Waals surface area (Å²) < 4.78 is 10.6. The second kappa shape index (κ2) is 6.81. The van der Waals surface area contributed by atoms with Crippen LogP contribution in [0.25, 0.3) is 0 Å². The molecule has 0 aliphatic heterocycles. The summed E-state index contributed by atoms with van der Waals surface area (Å²) in [4.78, 5) is 14.6. The minimum atomic E-state index is -0.131. The van der Waals surface area contributed by atoms with E-state index in [0.29, 0.717) is 18.2 Å². The van der Waals surface area contributed by atoms with E-state index < -0.39 is 0 Å². The number of aromatic nitrogens is 1. The number of hydrogen-bond acceptors (Lipinski definition) is 4. The molecule has 0 saturated heterocycles. The topological polar surface area (TPSA) is 59.5 Å². The van der Waals surface area contributed by atoms with Crippen molar-refractivity contribution >= 4 is 5.91 Å². The Hall–Kier alpha value is -2.04. The number of nitrogens with zero attached hydrogens (tertiary/aromatic N) is 2. The molecule has 2 rings (SSSR count). The third-order valence-corrected chi connectivity index (χ3v) is 3.94. The van der Waals surface area contributed by atoms with E-state index in [9.17, 15) is 4.79 Å². The Labute approximate surface area is 131 Å². The highest BCUT2D eigenvalue weighted by Crippen LogP contribution is 2.20. The fraction of sp³-hybridized carbons (Fsp3) is 0.529. The summed E-state index contributed by atoms with van der Waals surface area (Å²) in [5.41, 5.74) is 0.350. The number of hydrogen-bond donors (Lipinski definition) is 0. The second-order valence-corrected chi connectivity index (χ2v) is 6.27. The highest BCUT2D eigenvalue weighted by Gasteiger charge is 2.27. The average Bonchev–Trinajstić information content (AvgIpc) is 3.14. The number of rotatable bonds is 6. The lowest BCUT2D eigenvalue weighted by Gasteiger charge is -2.30. The molecule has 0 fully saturated rings. The zero-order valence-corrected chi connectivity index (χ0v) is 13.9. The molecule has 22 heavy (non-hydrogen) atoms. The first-order valence-corrected chi connectivity index (χ1v) is 7.70. The Kier molecular flexibility index (Phi) is 5.06. The zero-order valence-electron chi connectivity index (χ0n) is 13.9. The van der Waals surface area contributed by atoms with Crippen molar-refractivity contribution in [3.8, 4) is 0 Å². The van der Waals surface area contributed by atoms with Crippen molar-refractivity contribution in [3.63, 3.8) is 0 Å². The first-order valence-electron chi connectivity index (χ1n) is 7.70. The maximum atomic E-state index is 12.8. The fourth-order valence-electron chi connectivity index (χ4n) is 2.14. The van der Waals surface area contributed by atoms with E-state index in [0.717, 1.165) is 11.5 Å². The van der Waals surface area contributed by atoms with Gasteiger partial charge in [-0.3, -0.25) is 4.79 Å². The van der Waals surface area contributed by atoms with Crippen molar-refractivity contribution < 1.29 is 13.7 Å². The molecule has 0 N–H and O–H groups in total. The highest BCUT2D eigenvalue weighted by molar-refractivity contribution is 5.92. The van der Waals surface area contributed by atoms with Crippen molar-refractivity contribution in [2.75, 3.05) is 0 Å². The van der Waals surface area contributed by atoms with Gasteiger partial charge in [0.05, 0.1) is 12.8 Å². The van der Waals surface area contributed by atoms with Crippen LogP contribution < -0.4 is 0 Å². The lowest BCUT2D eigenvalue weighted by atomic mass is 10.0. The minimum absolute atomic E-state index is 0.0665. The summed E-state index contributed by atoms with van der Waals surface area (Å²) in [7, 11) is 0. The lowest BCUT2D eigenvalue weighted by Crippen LogP contribution is -2.41. The molecule has 0 aliphatic rings. The van der Waals surface area contributed by atoms with Crippen molar-refractivity contribution in [2.24, 2.45) is 5.92 Å². The Morgan fingerprint density at radius 1 is 1.27 bits per heavy atom. The van der Waals surface area contributed by atoms with E-state index in [4.69, 9.17) is 8.94 Å². The van der Waals surface area contributed by atoms with E-state index in [1.54, 1.807) is 17.2 Å². The van der Waals surface area contributed by atoms with Crippen LogP contribution in [-0.4, -0.2) is 22.0 Å². The molecular weight excluding hydrogens is 280 g/mol. The summed E-state index contributed by atoms with van der Waals surface area (Å²) in [6.07, 6.45) is 1.62. The molecule has 2 heterocycles. The molecule has 2 aromatic heterocycles. The molecule has 2 aromatic rings.